The van der Waals surface area contributed by atoms with Crippen molar-refractivity contribution >= 4 is 5.82 Å². The zero-order chi connectivity index (χ0) is 10.7. The van der Waals surface area contributed by atoms with E-state index in [0.29, 0.717) is 11.4 Å². The van der Waals surface area contributed by atoms with Gasteiger partial charge < -0.3 is 4.90 Å². The van der Waals surface area contributed by atoms with Gasteiger partial charge >= 0.3 is 0 Å². The maximum atomic E-state index is 8.96. The van der Waals surface area contributed by atoms with Crippen molar-refractivity contribution in [3.05, 3.63) is 29.5 Å². The zero-order valence-electron chi connectivity index (χ0n) is 8.64. The van der Waals surface area contributed by atoms with E-state index in [4.69, 9.17) is 5.26 Å². The summed E-state index contributed by atoms with van der Waals surface area (Å²) in [5.41, 5.74) is 1.91. The quantitative estimate of drug-likeness (QED) is 0.645. The molecule has 0 radical (unpaired) electrons. The van der Waals surface area contributed by atoms with Gasteiger partial charge in [0.1, 0.15) is 6.07 Å². The highest BCUT2D eigenvalue weighted by atomic mass is 15.3. The van der Waals surface area contributed by atoms with Crippen molar-refractivity contribution < 1.29 is 0 Å². The molecule has 0 fully saturated rings. The molecule has 0 N–H and O–H groups in total. The fraction of sp³-hybridized carbons (Fsp3) is 0.364. The van der Waals surface area contributed by atoms with Crippen molar-refractivity contribution in [3.63, 3.8) is 0 Å². The summed E-state index contributed by atoms with van der Waals surface area (Å²) in [6, 6.07) is 3.85. The number of nitriles is 1. The number of nitrogens with zero attached hydrogens (tertiary/aromatic N) is 4. The van der Waals surface area contributed by atoms with E-state index >= 15 is 0 Å². The Balaban J connectivity index is 2.30. The van der Waals surface area contributed by atoms with Gasteiger partial charge in [-0.05, 0) is 19.4 Å². The molecule has 2 heterocycles. The second kappa shape index (κ2) is 4.09. The van der Waals surface area contributed by atoms with Gasteiger partial charge in [0.2, 0.25) is 0 Å². The van der Waals surface area contributed by atoms with Gasteiger partial charge in [-0.2, -0.15) is 10.4 Å². The molecule has 2 rings (SSSR count). The second-order valence-corrected chi connectivity index (χ2v) is 3.64. The molecule has 0 saturated heterocycles. The molecule has 0 unspecified atom stereocenters. The van der Waals surface area contributed by atoms with Crippen molar-refractivity contribution in [1.82, 2.24) is 10.2 Å². The SMILES string of the molecule is CC1=CCCN(c2nnccc2C#N)C1. The normalized spacial score (nSPS) is 15.7. The van der Waals surface area contributed by atoms with Crippen LogP contribution in [-0.2, 0) is 0 Å². The predicted octanol–water partition coefficient (Wildman–Crippen LogP) is 1.50. The maximum absolute atomic E-state index is 8.96. The molecular weight excluding hydrogens is 188 g/mol. The average molecular weight is 200 g/mol. The van der Waals surface area contributed by atoms with Crippen LogP contribution in [-0.4, -0.2) is 23.3 Å². The summed E-state index contributed by atoms with van der Waals surface area (Å²) in [6.45, 7) is 3.84. The lowest BCUT2D eigenvalue weighted by Crippen LogP contribution is -2.30. The van der Waals surface area contributed by atoms with Gasteiger partial charge in [0.25, 0.3) is 0 Å². The highest BCUT2D eigenvalue weighted by molar-refractivity contribution is 5.53. The van der Waals surface area contributed by atoms with Gasteiger partial charge in [0.05, 0.1) is 11.8 Å². The monoisotopic (exact) mass is 200 g/mol. The molecule has 1 aliphatic heterocycles. The zero-order valence-corrected chi connectivity index (χ0v) is 8.64. The second-order valence-electron chi connectivity index (χ2n) is 3.64. The van der Waals surface area contributed by atoms with Crippen molar-refractivity contribution in [1.29, 1.82) is 5.26 Å². The predicted molar refractivity (Wildman–Crippen MR) is 57.3 cm³/mol. The van der Waals surface area contributed by atoms with Gasteiger partial charge in [0.15, 0.2) is 5.82 Å². The van der Waals surface area contributed by atoms with Crippen LogP contribution in [0.5, 0.6) is 0 Å². The molecule has 76 valence electrons. The van der Waals surface area contributed by atoms with E-state index in [2.05, 4.69) is 34.2 Å². The first kappa shape index (κ1) is 9.66. The van der Waals surface area contributed by atoms with Crippen molar-refractivity contribution in [2.75, 3.05) is 18.0 Å². The largest absolute Gasteiger partial charge is 0.350 e. The lowest BCUT2D eigenvalue weighted by molar-refractivity contribution is 0.764. The Morgan fingerprint density at radius 1 is 1.53 bits per heavy atom. The first-order valence-electron chi connectivity index (χ1n) is 4.93. The first-order valence-corrected chi connectivity index (χ1v) is 4.93. The topological polar surface area (TPSA) is 52.8 Å². The number of anilines is 1. The van der Waals surface area contributed by atoms with Crippen molar-refractivity contribution in [2.45, 2.75) is 13.3 Å². The summed E-state index contributed by atoms with van der Waals surface area (Å²) < 4.78 is 0. The fourth-order valence-corrected chi connectivity index (χ4v) is 1.74. The minimum Gasteiger partial charge on any atom is -0.350 e. The molecule has 0 aromatic carbocycles. The van der Waals surface area contributed by atoms with Gasteiger partial charge in [-0.15, -0.1) is 5.10 Å². The van der Waals surface area contributed by atoms with Crippen LogP contribution < -0.4 is 4.90 Å². The molecule has 0 atom stereocenters. The molecule has 4 nitrogen and oxygen atoms in total. The average Bonchev–Trinajstić information content (AvgIpc) is 2.29. The van der Waals surface area contributed by atoms with E-state index in [9.17, 15) is 0 Å². The molecule has 15 heavy (non-hydrogen) atoms. The number of hydrogen-bond acceptors (Lipinski definition) is 4. The maximum Gasteiger partial charge on any atom is 0.169 e. The minimum absolute atomic E-state index is 0.597. The Labute approximate surface area is 88.9 Å². The standard InChI is InChI=1S/C11H12N4/c1-9-3-2-6-15(8-9)11-10(7-12)4-5-13-14-11/h3-5H,2,6,8H2,1H3. The Morgan fingerprint density at radius 2 is 2.40 bits per heavy atom. The van der Waals surface area contributed by atoms with E-state index in [1.807, 2.05) is 0 Å². The van der Waals surface area contributed by atoms with Crippen LogP contribution in [0, 0.1) is 11.3 Å². The summed E-state index contributed by atoms with van der Waals surface area (Å²) in [5, 5.41) is 16.8. The van der Waals surface area contributed by atoms with Gasteiger partial charge in [-0.25, -0.2) is 0 Å². The Morgan fingerprint density at radius 3 is 3.13 bits per heavy atom. The minimum atomic E-state index is 0.597. The van der Waals surface area contributed by atoms with Crippen LogP contribution in [0.1, 0.15) is 18.9 Å². The molecule has 1 aromatic heterocycles. The molecule has 0 amide bonds. The van der Waals surface area contributed by atoms with Crippen LogP contribution in [0.3, 0.4) is 0 Å². The van der Waals surface area contributed by atoms with Gasteiger partial charge in [0, 0.05) is 13.1 Å². The lowest BCUT2D eigenvalue weighted by atomic mass is 10.1. The number of aromatic nitrogens is 2. The van der Waals surface area contributed by atoms with Gasteiger partial charge in [-0.3, -0.25) is 0 Å². The number of rotatable bonds is 1. The molecule has 1 aliphatic rings. The summed E-state index contributed by atoms with van der Waals surface area (Å²) in [7, 11) is 0. The molecule has 0 spiro atoms. The van der Waals surface area contributed by atoms with E-state index < -0.39 is 0 Å². The Bertz CT molecular complexity index is 430. The summed E-state index contributed by atoms with van der Waals surface area (Å²) in [6.07, 6.45) is 4.78. The highest BCUT2D eigenvalue weighted by Crippen LogP contribution is 2.19. The van der Waals surface area contributed by atoms with Crippen LogP contribution in [0.4, 0.5) is 5.82 Å². The third-order valence-corrected chi connectivity index (χ3v) is 2.45. The van der Waals surface area contributed by atoms with Crippen LogP contribution in [0.25, 0.3) is 0 Å². The highest BCUT2D eigenvalue weighted by Gasteiger charge is 2.15. The summed E-state index contributed by atoms with van der Waals surface area (Å²) in [4.78, 5) is 2.10. The molecule has 0 bridgehead atoms. The third kappa shape index (κ3) is 1.96. The van der Waals surface area contributed by atoms with Crippen LogP contribution >= 0.6 is 0 Å². The Hall–Kier alpha value is -1.89. The lowest BCUT2D eigenvalue weighted by Gasteiger charge is -2.27. The third-order valence-electron chi connectivity index (χ3n) is 2.45. The van der Waals surface area contributed by atoms with Crippen LogP contribution in [0.2, 0.25) is 0 Å². The van der Waals surface area contributed by atoms with Crippen molar-refractivity contribution in [2.24, 2.45) is 0 Å². The van der Waals surface area contributed by atoms with E-state index in [1.165, 1.54) is 5.57 Å². The molecule has 1 aromatic rings. The van der Waals surface area contributed by atoms with E-state index in [-0.39, 0.29) is 0 Å². The van der Waals surface area contributed by atoms with E-state index in [1.54, 1.807) is 12.3 Å². The summed E-state index contributed by atoms with van der Waals surface area (Å²) in [5.74, 6) is 0.701. The molecular formula is C11H12N4. The molecule has 0 aliphatic carbocycles. The number of hydrogen-bond donors (Lipinski definition) is 0. The van der Waals surface area contributed by atoms with Crippen molar-refractivity contribution in [3.8, 4) is 6.07 Å². The first-order chi connectivity index (χ1) is 7.31. The smallest absolute Gasteiger partial charge is 0.169 e. The molecule has 4 heteroatoms. The van der Waals surface area contributed by atoms with Gasteiger partial charge in [-0.1, -0.05) is 11.6 Å². The van der Waals surface area contributed by atoms with E-state index in [0.717, 1.165) is 19.5 Å². The Kier molecular flexibility index (Phi) is 2.64. The molecule has 0 saturated carbocycles. The fourth-order valence-electron chi connectivity index (χ4n) is 1.74. The summed E-state index contributed by atoms with van der Waals surface area (Å²) >= 11 is 0. The van der Waals surface area contributed by atoms with Crippen LogP contribution in [0.15, 0.2) is 23.9 Å².